The van der Waals surface area contributed by atoms with Gasteiger partial charge in [0.1, 0.15) is 17.9 Å². The van der Waals surface area contributed by atoms with E-state index in [1.54, 1.807) is 17.9 Å². The first-order valence-electron chi connectivity index (χ1n) is 7.57. The maximum atomic E-state index is 12.7. The molecule has 1 aliphatic rings. The van der Waals surface area contributed by atoms with Crippen LogP contribution in [-0.2, 0) is 17.9 Å². The molecule has 2 aromatic rings. The highest BCUT2D eigenvalue weighted by Gasteiger charge is 2.34. The molecule has 0 aliphatic carbocycles. The van der Waals surface area contributed by atoms with E-state index in [2.05, 4.69) is 5.10 Å². The lowest BCUT2D eigenvalue weighted by Gasteiger charge is -2.15. The molecule has 0 atom stereocenters. The Bertz CT molecular complexity index is 864. The van der Waals surface area contributed by atoms with Gasteiger partial charge in [-0.1, -0.05) is 13.3 Å². The van der Waals surface area contributed by atoms with E-state index in [0.29, 0.717) is 23.4 Å². The molecule has 2 aromatic heterocycles. The number of carbonyl (C=O) groups excluding carboxylic acids is 1. The highest BCUT2D eigenvalue weighted by atomic mass is 16.4. The SMILES string of the molecule is CCCCN1Cc2c(n(CC(=O)O)c3cc(C)nn3c2=O)C1=O. The van der Waals surface area contributed by atoms with Gasteiger partial charge in [0.2, 0.25) is 0 Å². The Balaban J connectivity index is 2.22. The van der Waals surface area contributed by atoms with Gasteiger partial charge < -0.3 is 14.6 Å². The van der Waals surface area contributed by atoms with Gasteiger partial charge >= 0.3 is 5.97 Å². The first kappa shape index (κ1) is 15.3. The summed E-state index contributed by atoms with van der Waals surface area (Å²) in [5.41, 5.74) is 1.08. The predicted molar refractivity (Wildman–Crippen MR) is 81.5 cm³/mol. The van der Waals surface area contributed by atoms with Crippen molar-refractivity contribution in [2.45, 2.75) is 39.8 Å². The predicted octanol–water partition coefficient (Wildman–Crippen LogP) is 0.645. The van der Waals surface area contributed by atoms with Crippen molar-refractivity contribution in [3.63, 3.8) is 0 Å². The normalized spacial score (nSPS) is 13.8. The Morgan fingerprint density at radius 2 is 2.13 bits per heavy atom. The maximum absolute atomic E-state index is 12.7. The molecule has 1 amide bonds. The lowest BCUT2D eigenvalue weighted by atomic mass is 10.2. The Hall–Kier alpha value is -2.64. The lowest BCUT2D eigenvalue weighted by molar-refractivity contribution is -0.137. The summed E-state index contributed by atoms with van der Waals surface area (Å²) in [5.74, 6) is -1.36. The van der Waals surface area contributed by atoms with Crippen LogP contribution in [0, 0.1) is 6.92 Å². The molecular formula is C15H18N4O4. The molecular weight excluding hydrogens is 300 g/mol. The largest absolute Gasteiger partial charge is 0.480 e. The zero-order chi connectivity index (χ0) is 16.7. The fourth-order valence-corrected chi connectivity index (χ4v) is 2.96. The van der Waals surface area contributed by atoms with Gasteiger partial charge in [-0.05, 0) is 13.3 Å². The average molecular weight is 318 g/mol. The van der Waals surface area contributed by atoms with Crippen molar-refractivity contribution >= 4 is 17.5 Å². The fraction of sp³-hybridized carbons (Fsp3) is 0.467. The number of aromatic nitrogens is 3. The van der Waals surface area contributed by atoms with E-state index in [1.165, 1.54) is 9.08 Å². The summed E-state index contributed by atoms with van der Waals surface area (Å²) in [6.45, 7) is 4.12. The summed E-state index contributed by atoms with van der Waals surface area (Å²) in [6, 6.07) is 1.62. The minimum Gasteiger partial charge on any atom is -0.480 e. The zero-order valence-corrected chi connectivity index (χ0v) is 13.1. The average Bonchev–Trinajstić information content (AvgIpc) is 3.02. The van der Waals surface area contributed by atoms with Crippen LogP contribution in [0.4, 0.5) is 0 Å². The molecule has 0 aromatic carbocycles. The molecule has 8 heteroatoms. The van der Waals surface area contributed by atoms with Crippen LogP contribution in [0.2, 0.25) is 0 Å². The molecule has 1 aliphatic heterocycles. The van der Waals surface area contributed by atoms with E-state index in [-0.39, 0.29) is 30.2 Å². The number of rotatable bonds is 5. The molecule has 0 radical (unpaired) electrons. The Morgan fingerprint density at radius 1 is 1.39 bits per heavy atom. The second-order valence-electron chi connectivity index (χ2n) is 5.75. The van der Waals surface area contributed by atoms with Crippen molar-refractivity contribution < 1.29 is 14.7 Å². The van der Waals surface area contributed by atoms with Crippen LogP contribution in [0.15, 0.2) is 10.9 Å². The van der Waals surface area contributed by atoms with Crippen LogP contribution in [-0.4, -0.2) is 42.6 Å². The Labute approximate surface area is 131 Å². The molecule has 0 unspecified atom stereocenters. The number of aliphatic carboxylic acids is 1. The van der Waals surface area contributed by atoms with Crippen LogP contribution in [0.5, 0.6) is 0 Å². The molecule has 0 saturated heterocycles. The molecule has 3 rings (SSSR count). The topological polar surface area (TPSA) is 96.9 Å². The van der Waals surface area contributed by atoms with Crippen LogP contribution < -0.4 is 5.56 Å². The zero-order valence-electron chi connectivity index (χ0n) is 13.1. The van der Waals surface area contributed by atoms with Crippen molar-refractivity contribution in [2.75, 3.05) is 6.54 Å². The second-order valence-corrected chi connectivity index (χ2v) is 5.75. The number of hydrogen-bond donors (Lipinski definition) is 1. The summed E-state index contributed by atoms with van der Waals surface area (Å²) in [5, 5.41) is 13.3. The smallest absolute Gasteiger partial charge is 0.323 e. The van der Waals surface area contributed by atoms with Gasteiger partial charge in [-0.25, -0.2) is 0 Å². The number of carboxylic acids is 1. The summed E-state index contributed by atoms with van der Waals surface area (Å²) in [7, 11) is 0. The minimum absolute atomic E-state index is 0.181. The number of hydrogen-bond acceptors (Lipinski definition) is 4. The number of nitrogens with zero attached hydrogens (tertiary/aromatic N) is 4. The summed E-state index contributed by atoms with van der Waals surface area (Å²) >= 11 is 0. The minimum atomic E-state index is -1.07. The van der Waals surface area contributed by atoms with E-state index in [0.717, 1.165) is 12.8 Å². The lowest BCUT2D eigenvalue weighted by Crippen LogP contribution is -2.28. The van der Waals surface area contributed by atoms with E-state index < -0.39 is 5.97 Å². The standard InChI is InChI=1S/C15H18N4O4/c1-3-4-5-17-7-10-13(15(17)23)18(8-12(20)21)11-6-9(2)16-19(11)14(10)22/h6H,3-5,7-8H2,1-2H3,(H,20,21). The van der Waals surface area contributed by atoms with Crippen LogP contribution in [0.3, 0.4) is 0 Å². The van der Waals surface area contributed by atoms with Crippen molar-refractivity contribution in [1.82, 2.24) is 19.1 Å². The first-order valence-corrected chi connectivity index (χ1v) is 7.57. The molecule has 8 nitrogen and oxygen atoms in total. The summed E-state index contributed by atoms with van der Waals surface area (Å²) in [4.78, 5) is 38.1. The third-order valence-corrected chi connectivity index (χ3v) is 4.01. The number of unbranched alkanes of at least 4 members (excludes halogenated alkanes) is 1. The highest BCUT2D eigenvalue weighted by Crippen LogP contribution is 2.22. The highest BCUT2D eigenvalue weighted by molar-refractivity contribution is 5.97. The van der Waals surface area contributed by atoms with Gasteiger partial charge in [-0.3, -0.25) is 14.4 Å². The molecule has 122 valence electrons. The summed E-state index contributed by atoms with van der Waals surface area (Å²) in [6.07, 6.45) is 1.77. The van der Waals surface area contributed by atoms with E-state index in [9.17, 15) is 19.5 Å². The van der Waals surface area contributed by atoms with Crippen molar-refractivity contribution in [2.24, 2.45) is 0 Å². The molecule has 0 spiro atoms. The van der Waals surface area contributed by atoms with Gasteiger partial charge in [0.25, 0.3) is 11.5 Å². The molecule has 0 saturated carbocycles. The van der Waals surface area contributed by atoms with E-state index in [4.69, 9.17) is 0 Å². The number of aryl methyl sites for hydroxylation is 1. The van der Waals surface area contributed by atoms with Crippen LogP contribution in [0.25, 0.3) is 5.65 Å². The monoisotopic (exact) mass is 318 g/mol. The number of carbonyl (C=O) groups is 2. The quantitative estimate of drug-likeness (QED) is 0.873. The Morgan fingerprint density at radius 3 is 2.78 bits per heavy atom. The molecule has 23 heavy (non-hydrogen) atoms. The van der Waals surface area contributed by atoms with Crippen LogP contribution >= 0.6 is 0 Å². The van der Waals surface area contributed by atoms with E-state index in [1.807, 2.05) is 6.92 Å². The van der Waals surface area contributed by atoms with Gasteiger partial charge in [0.15, 0.2) is 0 Å². The van der Waals surface area contributed by atoms with E-state index >= 15 is 0 Å². The molecule has 0 fully saturated rings. The number of fused-ring (bicyclic) bond motifs is 2. The summed E-state index contributed by atoms with van der Waals surface area (Å²) < 4.78 is 2.57. The van der Waals surface area contributed by atoms with Gasteiger partial charge in [0.05, 0.1) is 17.8 Å². The third kappa shape index (κ3) is 2.39. The first-order chi connectivity index (χ1) is 10.9. The van der Waals surface area contributed by atoms with Crippen molar-refractivity contribution in [3.8, 4) is 0 Å². The Kier molecular flexibility index (Phi) is 3.67. The molecule has 3 heterocycles. The van der Waals surface area contributed by atoms with Gasteiger partial charge in [-0.15, -0.1) is 0 Å². The maximum Gasteiger partial charge on any atom is 0.323 e. The van der Waals surface area contributed by atoms with Crippen LogP contribution in [0.1, 0.15) is 41.5 Å². The number of amides is 1. The second kappa shape index (κ2) is 5.53. The third-order valence-electron chi connectivity index (χ3n) is 4.01. The van der Waals surface area contributed by atoms with Gasteiger partial charge in [0, 0.05) is 12.6 Å². The number of carboxylic acid groups (broad SMARTS) is 1. The van der Waals surface area contributed by atoms with Crippen molar-refractivity contribution in [3.05, 3.63) is 33.4 Å². The molecule has 1 N–H and O–H groups in total. The molecule has 0 bridgehead atoms. The van der Waals surface area contributed by atoms with Crippen molar-refractivity contribution in [1.29, 1.82) is 0 Å². The van der Waals surface area contributed by atoms with Gasteiger partial charge in [-0.2, -0.15) is 9.61 Å². The fourth-order valence-electron chi connectivity index (χ4n) is 2.96.